The third-order valence-corrected chi connectivity index (χ3v) is 5.28. The van der Waals surface area contributed by atoms with Gasteiger partial charge < -0.3 is 15.2 Å². The lowest BCUT2D eigenvalue weighted by Gasteiger charge is -2.21. The number of aromatic amines is 1. The largest absolute Gasteiger partial charge is 0.356 e. The fourth-order valence-electron chi connectivity index (χ4n) is 3.86. The van der Waals surface area contributed by atoms with Gasteiger partial charge in [0.05, 0.1) is 11.0 Å². The van der Waals surface area contributed by atoms with Gasteiger partial charge in [0, 0.05) is 39.0 Å². The van der Waals surface area contributed by atoms with E-state index in [-0.39, 0.29) is 0 Å². The number of rotatable bonds is 5. The second kappa shape index (κ2) is 8.25. The van der Waals surface area contributed by atoms with Crippen molar-refractivity contribution in [2.45, 2.75) is 25.2 Å². The smallest absolute Gasteiger partial charge is 0.193 e. The molecule has 5 nitrogen and oxygen atoms in total. The standard InChI is InChI=1S/C22H27N5/c1-23-22(27-15-13-18(16-27)17-8-3-2-4-9-17)24-14-7-12-21-25-19-10-5-6-11-20(19)26-21/h2-6,8-11,18H,7,12-16H2,1H3,(H,23,24)(H,25,26). The monoisotopic (exact) mass is 361 g/mol. The maximum Gasteiger partial charge on any atom is 0.193 e. The van der Waals surface area contributed by atoms with Crippen LogP contribution in [0.1, 0.15) is 30.1 Å². The second-order valence-corrected chi connectivity index (χ2v) is 7.12. The van der Waals surface area contributed by atoms with Crippen LogP contribution in [0.2, 0.25) is 0 Å². The fourth-order valence-corrected chi connectivity index (χ4v) is 3.86. The number of aryl methyl sites for hydroxylation is 1. The maximum atomic E-state index is 4.65. The molecular formula is C22H27N5. The van der Waals surface area contributed by atoms with E-state index >= 15 is 0 Å². The van der Waals surface area contributed by atoms with E-state index in [4.69, 9.17) is 0 Å². The Bertz CT molecular complexity index is 866. The molecule has 5 heteroatoms. The van der Waals surface area contributed by atoms with Crippen LogP contribution in [0.4, 0.5) is 0 Å². The molecule has 2 heterocycles. The summed E-state index contributed by atoms with van der Waals surface area (Å²) in [7, 11) is 1.87. The third-order valence-electron chi connectivity index (χ3n) is 5.28. The molecule has 4 rings (SSSR count). The van der Waals surface area contributed by atoms with Crippen LogP contribution < -0.4 is 5.32 Å². The minimum atomic E-state index is 0.597. The van der Waals surface area contributed by atoms with E-state index in [2.05, 4.69) is 61.6 Å². The number of benzene rings is 2. The van der Waals surface area contributed by atoms with Gasteiger partial charge >= 0.3 is 0 Å². The zero-order chi connectivity index (χ0) is 18.5. The van der Waals surface area contributed by atoms with Crippen molar-refractivity contribution >= 4 is 17.0 Å². The zero-order valence-corrected chi connectivity index (χ0v) is 15.9. The van der Waals surface area contributed by atoms with E-state index in [0.29, 0.717) is 5.92 Å². The molecule has 1 fully saturated rings. The molecule has 1 saturated heterocycles. The number of para-hydroxylation sites is 2. The number of nitrogens with zero attached hydrogens (tertiary/aromatic N) is 3. The molecule has 0 saturated carbocycles. The number of imidazole rings is 1. The average molecular weight is 361 g/mol. The van der Waals surface area contributed by atoms with Gasteiger partial charge in [-0.15, -0.1) is 0 Å². The van der Waals surface area contributed by atoms with Gasteiger partial charge in [0.1, 0.15) is 5.82 Å². The summed E-state index contributed by atoms with van der Waals surface area (Å²) in [5.41, 5.74) is 3.58. The first-order valence-corrected chi connectivity index (χ1v) is 9.77. The molecule has 2 aromatic carbocycles. The van der Waals surface area contributed by atoms with Gasteiger partial charge in [-0.3, -0.25) is 4.99 Å². The summed E-state index contributed by atoms with van der Waals surface area (Å²) >= 11 is 0. The van der Waals surface area contributed by atoms with E-state index in [0.717, 1.165) is 55.3 Å². The molecule has 1 unspecified atom stereocenters. The number of fused-ring (bicyclic) bond motifs is 1. The van der Waals surface area contributed by atoms with Gasteiger partial charge in [0.15, 0.2) is 5.96 Å². The quantitative estimate of drug-likeness (QED) is 0.415. The number of hydrogen-bond donors (Lipinski definition) is 2. The topological polar surface area (TPSA) is 56.3 Å². The minimum Gasteiger partial charge on any atom is -0.356 e. The molecule has 1 atom stereocenters. The van der Waals surface area contributed by atoms with Crippen LogP contribution >= 0.6 is 0 Å². The summed E-state index contributed by atoms with van der Waals surface area (Å²) in [6.07, 6.45) is 3.14. The highest BCUT2D eigenvalue weighted by atomic mass is 15.3. The highest BCUT2D eigenvalue weighted by molar-refractivity contribution is 5.80. The minimum absolute atomic E-state index is 0.597. The third kappa shape index (κ3) is 4.13. The molecule has 3 aromatic rings. The number of hydrogen-bond acceptors (Lipinski definition) is 2. The lowest BCUT2D eigenvalue weighted by atomic mass is 9.99. The van der Waals surface area contributed by atoms with E-state index in [9.17, 15) is 0 Å². The Labute approximate surface area is 160 Å². The van der Waals surface area contributed by atoms with Gasteiger partial charge in [0.2, 0.25) is 0 Å². The predicted octanol–water partition coefficient (Wildman–Crippen LogP) is 3.56. The van der Waals surface area contributed by atoms with Crippen LogP contribution in [0.15, 0.2) is 59.6 Å². The van der Waals surface area contributed by atoms with Crippen LogP contribution in [0.3, 0.4) is 0 Å². The first-order chi connectivity index (χ1) is 13.3. The molecule has 140 valence electrons. The Morgan fingerprint density at radius 2 is 2.00 bits per heavy atom. The Hall–Kier alpha value is -2.82. The summed E-state index contributed by atoms with van der Waals surface area (Å²) in [4.78, 5) is 14.9. The molecule has 1 aliphatic heterocycles. The fraction of sp³-hybridized carbons (Fsp3) is 0.364. The summed E-state index contributed by atoms with van der Waals surface area (Å²) in [5, 5.41) is 3.52. The summed E-state index contributed by atoms with van der Waals surface area (Å²) in [6.45, 7) is 2.99. The lowest BCUT2D eigenvalue weighted by molar-refractivity contribution is 0.484. The van der Waals surface area contributed by atoms with Crippen molar-refractivity contribution in [1.29, 1.82) is 0 Å². The van der Waals surface area contributed by atoms with Crippen molar-refractivity contribution in [2.24, 2.45) is 4.99 Å². The lowest BCUT2D eigenvalue weighted by Crippen LogP contribution is -2.40. The Morgan fingerprint density at radius 1 is 1.19 bits per heavy atom. The van der Waals surface area contributed by atoms with E-state index in [1.165, 1.54) is 12.0 Å². The summed E-state index contributed by atoms with van der Waals surface area (Å²) in [5.74, 6) is 2.66. The van der Waals surface area contributed by atoms with Gasteiger partial charge in [0.25, 0.3) is 0 Å². The van der Waals surface area contributed by atoms with Crippen LogP contribution in [0.25, 0.3) is 11.0 Å². The second-order valence-electron chi connectivity index (χ2n) is 7.12. The molecule has 0 radical (unpaired) electrons. The van der Waals surface area contributed by atoms with Gasteiger partial charge in [-0.05, 0) is 30.5 Å². The number of aliphatic imine (C=N–C) groups is 1. The SMILES string of the molecule is CN=C(NCCCc1nc2ccccc2[nH]1)N1CCC(c2ccccc2)C1. The van der Waals surface area contributed by atoms with E-state index in [1.807, 2.05) is 25.2 Å². The molecule has 27 heavy (non-hydrogen) atoms. The van der Waals surface area contributed by atoms with Gasteiger partial charge in [-0.2, -0.15) is 0 Å². The van der Waals surface area contributed by atoms with Gasteiger partial charge in [-0.1, -0.05) is 42.5 Å². The van der Waals surface area contributed by atoms with Crippen LogP contribution in [0.5, 0.6) is 0 Å². The van der Waals surface area contributed by atoms with Crippen molar-refractivity contribution in [3.63, 3.8) is 0 Å². The highest BCUT2D eigenvalue weighted by Crippen LogP contribution is 2.26. The molecule has 2 N–H and O–H groups in total. The molecular weight excluding hydrogens is 334 g/mol. The number of nitrogens with one attached hydrogen (secondary N) is 2. The molecule has 0 spiro atoms. The maximum absolute atomic E-state index is 4.65. The van der Waals surface area contributed by atoms with Crippen LogP contribution in [-0.2, 0) is 6.42 Å². The molecule has 1 aliphatic rings. The van der Waals surface area contributed by atoms with Crippen LogP contribution in [-0.4, -0.2) is 47.5 Å². The van der Waals surface area contributed by atoms with Crippen molar-refractivity contribution < 1.29 is 0 Å². The van der Waals surface area contributed by atoms with Crippen molar-refractivity contribution in [3.8, 4) is 0 Å². The number of guanidine groups is 1. The van der Waals surface area contributed by atoms with Crippen molar-refractivity contribution in [1.82, 2.24) is 20.2 Å². The first-order valence-electron chi connectivity index (χ1n) is 9.77. The molecule has 0 bridgehead atoms. The van der Waals surface area contributed by atoms with E-state index in [1.54, 1.807) is 0 Å². The van der Waals surface area contributed by atoms with Crippen molar-refractivity contribution in [3.05, 3.63) is 66.0 Å². The zero-order valence-electron chi connectivity index (χ0n) is 15.9. The number of likely N-dealkylation sites (tertiary alicyclic amines) is 1. The van der Waals surface area contributed by atoms with Gasteiger partial charge in [-0.25, -0.2) is 4.98 Å². The summed E-state index contributed by atoms with van der Waals surface area (Å²) < 4.78 is 0. The Kier molecular flexibility index (Phi) is 5.37. The average Bonchev–Trinajstić information content (AvgIpc) is 3.35. The first kappa shape index (κ1) is 17.6. The number of H-pyrrole nitrogens is 1. The van der Waals surface area contributed by atoms with Crippen molar-refractivity contribution in [2.75, 3.05) is 26.7 Å². The highest BCUT2D eigenvalue weighted by Gasteiger charge is 2.25. The summed E-state index contributed by atoms with van der Waals surface area (Å²) in [6, 6.07) is 19.0. The number of aromatic nitrogens is 2. The Morgan fingerprint density at radius 3 is 2.81 bits per heavy atom. The normalized spacial score (nSPS) is 17.6. The van der Waals surface area contributed by atoms with Crippen LogP contribution in [0, 0.1) is 0 Å². The molecule has 0 amide bonds. The predicted molar refractivity (Wildman–Crippen MR) is 111 cm³/mol. The molecule has 0 aliphatic carbocycles. The van der Waals surface area contributed by atoms with E-state index < -0.39 is 0 Å². The Balaban J connectivity index is 1.26. The molecule has 1 aromatic heterocycles.